The van der Waals surface area contributed by atoms with Crippen molar-refractivity contribution in [3.05, 3.63) is 29.6 Å². The maximum Gasteiger partial charge on any atom is 0.338 e. The lowest BCUT2D eigenvalue weighted by atomic mass is 10.0. The molecule has 1 atom stereocenters. The molecule has 15 heavy (non-hydrogen) atoms. The molecule has 1 N–H and O–H groups in total. The van der Waals surface area contributed by atoms with E-state index in [0.29, 0.717) is 0 Å². The Hall–Kier alpha value is -2.11. The summed E-state index contributed by atoms with van der Waals surface area (Å²) in [5.41, 5.74) is -0.239. The predicted molar refractivity (Wildman–Crippen MR) is 46.7 cm³/mol. The molecule has 0 fully saturated rings. The zero-order valence-corrected chi connectivity index (χ0v) is 7.35. The lowest BCUT2D eigenvalue weighted by Gasteiger charge is -2.12. The van der Waals surface area contributed by atoms with Gasteiger partial charge in [0.25, 0.3) is 0 Å². The topological polar surface area (TPSA) is 79.1 Å². The van der Waals surface area contributed by atoms with Gasteiger partial charge < -0.3 is 5.11 Å². The summed E-state index contributed by atoms with van der Waals surface area (Å²) in [5.74, 6) is -3.08. The zero-order chi connectivity index (χ0) is 11.0. The van der Waals surface area contributed by atoms with Crippen molar-refractivity contribution >= 4 is 17.4 Å². The average Bonchev–Trinajstić information content (AvgIpc) is 2.17. The van der Waals surface area contributed by atoms with Gasteiger partial charge in [-0.1, -0.05) is 6.07 Å². The fourth-order valence-corrected chi connectivity index (χ4v) is 1.31. The minimum Gasteiger partial charge on any atom is -0.479 e. The van der Waals surface area contributed by atoms with Crippen LogP contribution in [0.25, 0.3) is 0 Å². The van der Waals surface area contributed by atoms with Crippen molar-refractivity contribution < 1.29 is 19.1 Å². The smallest absolute Gasteiger partial charge is 0.338 e. The Morgan fingerprint density at radius 1 is 1.47 bits per heavy atom. The highest BCUT2D eigenvalue weighted by Crippen LogP contribution is 2.28. The molecule has 0 spiro atoms. The molecule has 1 heterocycles. The van der Waals surface area contributed by atoms with Gasteiger partial charge in [0, 0.05) is 0 Å². The first kappa shape index (κ1) is 9.45. The van der Waals surface area contributed by atoms with Crippen molar-refractivity contribution in [1.29, 1.82) is 0 Å². The molecule has 0 saturated heterocycles. The Bertz CT molecular complexity index is 484. The summed E-state index contributed by atoms with van der Waals surface area (Å²) in [5, 5.41) is 15.4. The highest BCUT2D eigenvalue weighted by atomic mass is 19.1. The molecule has 0 radical (unpaired) electrons. The van der Waals surface area contributed by atoms with Crippen LogP contribution >= 0.6 is 0 Å². The Kier molecular flexibility index (Phi) is 2.03. The van der Waals surface area contributed by atoms with Crippen LogP contribution in [0.1, 0.15) is 10.4 Å². The second kappa shape index (κ2) is 3.23. The second-order valence-corrected chi connectivity index (χ2v) is 2.95. The molecule has 1 aliphatic heterocycles. The van der Waals surface area contributed by atoms with Gasteiger partial charge in [-0.3, -0.25) is 4.79 Å². The third kappa shape index (κ3) is 1.39. The number of aliphatic carboxylic acids is 1. The van der Waals surface area contributed by atoms with Crippen molar-refractivity contribution in [2.45, 2.75) is 6.04 Å². The Labute approximate surface area is 83.2 Å². The van der Waals surface area contributed by atoms with E-state index in [1.54, 1.807) is 0 Å². The van der Waals surface area contributed by atoms with Gasteiger partial charge in [-0.15, -0.1) is 0 Å². The van der Waals surface area contributed by atoms with Gasteiger partial charge >= 0.3 is 5.97 Å². The van der Waals surface area contributed by atoms with Crippen molar-refractivity contribution in [1.82, 2.24) is 0 Å². The van der Waals surface area contributed by atoms with Crippen LogP contribution in [0, 0.1) is 5.82 Å². The number of carbonyl (C=O) groups excluding carboxylic acids is 1. The normalized spacial score (nSPS) is 18.7. The fourth-order valence-electron chi connectivity index (χ4n) is 1.31. The summed E-state index contributed by atoms with van der Waals surface area (Å²) in [6.45, 7) is 0. The van der Waals surface area contributed by atoms with Gasteiger partial charge in [-0.25, -0.2) is 9.18 Å². The first-order valence-electron chi connectivity index (χ1n) is 4.07. The molecule has 1 aromatic carbocycles. The van der Waals surface area contributed by atoms with Crippen LogP contribution in [0.2, 0.25) is 0 Å². The molecule has 0 aliphatic carbocycles. The van der Waals surface area contributed by atoms with E-state index >= 15 is 0 Å². The molecular formula is C9H5FN2O3. The highest BCUT2D eigenvalue weighted by molar-refractivity contribution is 6.14. The molecule has 0 saturated carbocycles. The number of azo groups is 1. The van der Waals surface area contributed by atoms with Gasteiger partial charge in [0.15, 0.2) is 0 Å². The van der Waals surface area contributed by atoms with E-state index in [2.05, 4.69) is 10.2 Å². The number of Topliss-reactive ketones (excluding diaryl/α,β-unsaturated/α-hetero) is 1. The third-order valence-corrected chi connectivity index (χ3v) is 2.00. The molecule has 6 heteroatoms. The van der Waals surface area contributed by atoms with Gasteiger partial charge in [0.2, 0.25) is 11.8 Å². The summed E-state index contributed by atoms with van der Waals surface area (Å²) in [6, 6.07) is 2.23. The molecule has 5 nitrogen and oxygen atoms in total. The quantitative estimate of drug-likeness (QED) is 0.711. The average molecular weight is 208 g/mol. The Morgan fingerprint density at radius 3 is 2.87 bits per heavy atom. The summed E-state index contributed by atoms with van der Waals surface area (Å²) in [4.78, 5) is 22.1. The molecule has 1 aromatic rings. The number of hydrogen-bond donors (Lipinski definition) is 1. The van der Waals surface area contributed by atoms with Gasteiger partial charge in [0.1, 0.15) is 5.82 Å². The number of halogens is 1. The lowest BCUT2D eigenvalue weighted by molar-refractivity contribution is -0.137. The van der Waals surface area contributed by atoms with Crippen LogP contribution in [-0.4, -0.2) is 22.9 Å². The van der Waals surface area contributed by atoms with E-state index < -0.39 is 23.6 Å². The number of ketones is 1. The number of hydrogen-bond acceptors (Lipinski definition) is 4. The van der Waals surface area contributed by atoms with E-state index in [0.717, 1.165) is 6.07 Å². The predicted octanol–water partition coefficient (Wildman–Crippen LogP) is 1.56. The number of fused-ring (bicyclic) bond motifs is 1. The number of carbonyl (C=O) groups is 2. The molecule has 1 aliphatic rings. The second-order valence-electron chi connectivity index (χ2n) is 2.95. The maximum atomic E-state index is 13.2. The van der Waals surface area contributed by atoms with Gasteiger partial charge in [0.05, 0.1) is 11.3 Å². The first-order valence-corrected chi connectivity index (χ1v) is 4.07. The monoisotopic (exact) mass is 208 g/mol. The van der Waals surface area contributed by atoms with Crippen LogP contribution < -0.4 is 0 Å². The van der Waals surface area contributed by atoms with E-state index in [-0.39, 0.29) is 11.3 Å². The molecule has 0 bridgehead atoms. The van der Waals surface area contributed by atoms with Crippen LogP contribution in [-0.2, 0) is 4.79 Å². The summed E-state index contributed by atoms with van der Waals surface area (Å²) >= 11 is 0. The lowest BCUT2D eigenvalue weighted by Crippen LogP contribution is -2.30. The number of rotatable bonds is 1. The first-order chi connectivity index (χ1) is 7.11. The number of carboxylic acid groups (broad SMARTS) is 1. The number of carboxylic acids is 1. The molecule has 2 rings (SSSR count). The van der Waals surface area contributed by atoms with Crippen molar-refractivity contribution in [2.24, 2.45) is 10.2 Å². The minimum atomic E-state index is -1.63. The zero-order valence-electron chi connectivity index (χ0n) is 7.35. The summed E-state index contributed by atoms with van der Waals surface area (Å²) in [7, 11) is 0. The fraction of sp³-hybridized carbons (Fsp3) is 0.111. The van der Waals surface area contributed by atoms with Gasteiger partial charge in [-0.2, -0.15) is 10.2 Å². The van der Waals surface area contributed by atoms with Crippen LogP contribution in [0.5, 0.6) is 0 Å². The SMILES string of the molecule is O=C(O)C1N=Nc2cccc(F)c2C1=O. The Balaban J connectivity index is 2.58. The summed E-state index contributed by atoms with van der Waals surface area (Å²) < 4.78 is 13.2. The van der Waals surface area contributed by atoms with E-state index in [4.69, 9.17) is 5.11 Å². The molecule has 1 unspecified atom stereocenters. The van der Waals surface area contributed by atoms with Gasteiger partial charge in [-0.05, 0) is 12.1 Å². The van der Waals surface area contributed by atoms with Crippen molar-refractivity contribution in [3.8, 4) is 0 Å². The van der Waals surface area contributed by atoms with Crippen molar-refractivity contribution in [3.63, 3.8) is 0 Å². The minimum absolute atomic E-state index is 0.0671. The van der Waals surface area contributed by atoms with Crippen LogP contribution in [0.4, 0.5) is 10.1 Å². The Morgan fingerprint density at radius 2 is 2.20 bits per heavy atom. The molecule has 76 valence electrons. The van der Waals surface area contributed by atoms with Crippen LogP contribution in [0.3, 0.4) is 0 Å². The van der Waals surface area contributed by atoms with E-state index in [1.807, 2.05) is 0 Å². The molecular weight excluding hydrogens is 203 g/mol. The van der Waals surface area contributed by atoms with E-state index in [1.165, 1.54) is 12.1 Å². The highest BCUT2D eigenvalue weighted by Gasteiger charge is 2.34. The maximum absolute atomic E-state index is 13.2. The third-order valence-electron chi connectivity index (χ3n) is 2.00. The molecule has 0 amide bonds. The number of benzene rings is 1. The van der Waals surface area contributed by atoms with E-state index in [9.17, 15) is 14.0 Å². The number of nitrogens with zero attached hydrogens (tertiary/aromatic N) is 2. The molecule has 0 aromatic heterocycles. The van der Waals surface area contributed by atoms with Crippen LogP contribution in [0.15, 0.2) is 28.4 Å². The van der Waals surface area contributed by atoms with Crippen molar-refractivity contribution in [2.75, 3.05) is 0 Å². The largest absolute Gasteiger partial charge is 0.479 e. The summed E-state index contributed by atoms with van der Waals surface area (Å²) in [6.07, 6.45) is 0. The standard InChI is InChI=1S/C9H5FN2O3/c10-4-2-1-3-5-6(4)8(13)7(9(14)15)12-11-5/h1-3,7H,(H,14,15).